The molecule has 5 heteroatoms. The monoisotopic (exact) mass is 294 g/mol. The van der Waals surface area contributed by atoms with Gasteiger partial charge in [-0.2, -0.15) is 0 Å². The van der Waals surface area contributed by atoms with Gasteiger partial charge in [-0.1, -0.05) is 26.0 Å². The van der Waals surface area contributed by atoms with Crippen LogP contribution in [0.15, 0.2) is 24.3 Å². The molecule has 1 amide bonds. The van der Waals surface area contributed by atoms with Crippen molar-refractivity contribution >= 4 is 5.91 Å². The molecule has 5 nitrogen and oxygen atoms in total. The minimum atomic E-state index is -0.486. The first-order valence-electron chi connectivity index (χ1n) is 7.37. The second-order valence-electron chi connectivity index (χ2n) is 5.37. The molecule has 0 aromatic heterocycles. The van der Waals surface area contributed by atoms with Crippen LogP contribution in [0.3, 0.4) is 0 Å². The standard InChI is InChI=1S/C16H26N2O3/c1-3-16(4-2,12-19)11-18-9-13-5-7-14(8-6-13)21-10-15(17)20/h5-8,18-19H,3-4,9-12H2,1-2H3,(H2,17,20). The Bertz CT molecular complexity index is 419. The van der Waals surface area contributed by atoms with Gasteiger partial charge in [0.1, 0.15) is 5.75 Å². The number of rotatable bonds is 10. The Kier molecular flexibility index (Phi) is 7.19. The van der Waals surface area contributed by atoms with Crippen LogP contribution < -0.4 is 15.8 Å². The molecule has 0 fully saturated rings. The van der Waals surface area contributed by atoms with Crippen molar-refractivity contribution in [3.05, 3.63) is 29.8 Å². The Morgan fingerprint density at radius 3 is 2.38 bits per heavy atom. The number of aliphatic hydroxyl groups is 1. The van der Waals surface area contributed by atoms with Gasteiger partial charge in [0.05, 0.1) is 0 Å². The first-order chi connectivity index (χ1) is 10.0. The molecule has 0 saturated heterocycles. The lowest BCUT2D eigenvalue weighted by Gasteiger charge is -2.29. The summed E-state index contributed by atoms with van der Waals surface area (Å²) in [7, 11) is 0. The second-order valence-corrected chi connectivity index (χ2v) is 5.37. The summed E-state index contributed by atoms with van der Waals surface area (Å²) in [5.74, 6) is 0.143. The van der Waals surface area contributed by atoms with Gasteiger partial charge >= 0.3 is 0 Å². The maximum Gasteiger partial charge on any atom is 0.255 e. The smallest absolute Gasteiger partial charge is 0.255 e. The summed E-state index contributed by atoms with van der Waals surface area (Å²) in [6.45, 7) is 5.82. The topological polar surface area (TPSA) is 84.6 Å². The SMILES string of the molecule is CCC(CC)(CO)CNCc1ccc(OCC(N)=O)cc1. The van der Waals surface area contributed by atoms with Crippen molar-refractivity contribution in [3.63, 3.8) is 0 Å². The predicted molar refractivity (Wildman–Crippen MR) is 82.9 cm³/mol. The summed E-state index contributed by atoms with van der Waals surface area (Å²) in [6.07, 6.45) is 1.90. The van der Waals surface area contributed by atoms with Crippen LogP contribution in [0.25, 0.3) is 0 Å². The van der Waals surface area contributed by atoms with Crippen molar-refractivity contribution < 1.29 is 14.6 Å². The summed E-state index contributed by atoms with van der Waals surface area (Å²) < 4.78 is 5.21. The molecule has 21 heavy (non-hydrogen) atoms. The van der Waals surface area contributed by atoms with E-state index >= 15 is 0 Å². The van der Waals surface area contributed by atoms with Gasteiger partial charge in [0, 0.05) is 25.1 Å². The van der Waals surface area contributed by atoms with E-state index in [-0.39, 0.29) is 18.6 Å². The average Bonchev–Trinajstić information content (AvgIpc) is 2.51. The largest absolute Gasteiger partial charge is 0.484 e. The maximum atomic E-state index is 10.6. The molecule has 0 aliphatic heterocycles. The number of primary amides is 1. The maximum absolute atomic E-state index is 10.6. The highest BCUT2D eigenvalue weighted by Gasteiger charge is 2.24. The van der Waals surface area contributed by atoms with E-state index in [1.807, 2.05) is 24.3 Å². The van der Waals surface area contributed by atoms with Gasteiger partial charge in [0.2, 0.25) is 0 Å². The third kappa shape index (κ3) is 5.73. The third-order valence-electron chi connectivity index (χ3n) is 3.97. The second kappa shape index (κ2) is 8.64. The number of benzene rings is 1. The molecule has 0 saturated carbocycles. The number of ether oxygens (including phenoxy) is 1. The molecule has 0 atom stereocenters. The highest BCUT2D eigenvalue weighted by molar-refractivity contribution is 5.75. The van der Waals surface area contributed by atoms with E-state index in [0.717, 1.165) is 31.5 Å². The molecule has 1 aromatic rings. The van der Waals surface area contributed by atoms with Gasteiger partial charge in [0.15, 0.2) is 6.61 Å². The normalized spacial score (nSPS) is 11.4. The molecule has 118 valence electrons. The Morgan fingerprint density at radius 1 is 1.29 bits per heavy atom. The van der Waals surface area contributed by atoms with Crippen LogP contribution in [0.1, 0.15) is 32.3 Å². The van der Waals surface area contributed by atoms with E-state index in [1.54, 1.807) is 0 Å². The van der Waals surface area contributed by atoms with Crippen LogP contribution in [-0.2, 0) is 11.3 Å². The van der Waals surface area contributed by atoms with Gasteiger partial charge in [-0.05, 0) is 30.5 Å². The van der Waals surface area contributed by atoms with Gasteiger partial charge in [-0.15, -0.1) is 0 Å². The van der Waals surface area contributed by atoms with Gasteiger partial charge in [-0.25, -0.2) is 0 Å². The molecule has 0 heterocycles. The summed E-state index contributed by atoms with van der Waals surface area (Å²) in [4.78, 5) is 10.6. The minimum absolute atomic E-state index is 0.0372. The molecule has 0 aliphatic carbocycles. The van der Waals surface area contributed by atoms with Crippen molar-refractivity contribution in [1.82, 2.24) is 5.32 Å². The first kappa shape index (κ1) is 17.5. The number of nitrogens with two attached hydrogens (primary N) is 1. The van der Waals surface area contributed by atoms with E-state index < -0.39 is 5.91 Å². The van der Waals surface area contributed by atoms with Crippen molar-refractivity contribution in [2.45, 2.75) is 33.2 Å². The lowest BCUT2D eigenvalue weighted by molar-refractivity contribution is -0.119. The number of amides is 1. The Morgan fingerprint density at radius 2 is 1.90 bits per heavy atom. The summed E-state index contributed by atoms with van der Waals surface area (Å²) >= 11 is 0. The summed E-state index contributed by atoms with van der Waals surface area (Å²) in [6, 6.07) is 7.53. The lowest BCUT2D eigenvalue weighted by atomic mass is 9.83. The van der Waals surface area contributed by atoms with E-state index in [4.69, 9.17) is 10.5 Å². The fraction of sp³-hybridized carbons (Fsp3) is 0.562. The molecule has 4 N–H and O–H groups in total. The molecule has 0 aliphatic rings. The minimum Gasteiger partial charge on any atom is -0.484 e. The van der Waals surface area contributed by atoms with E-state index in [2.05, 4.69) is 19.2 Å². The van der Waals surface area contributed by atoms with Gasteiger partial charge < -0.3 is 20.9 Å². The molecule has 0 bridgehead atoms. The number of nitrogens with one attached hydrogen (secondary N) is 1. The fourth-order valence-corrected chi connectivity index (χ4v) is 2.11. The third-order valence-corrected chi connectivity index (χ3v) is 3.97. The molecular formula is C16H26N2O3. The quantitative estimate of drug-likeness (QED) is 0.609. The predicted octanol–water partition coefficient (Wildman–Crippen LogP) is 1.44. The van der Waals surface area contributed by atoms with Crippen molar-refractivity contribution in [2.24, 2.45) is 11.1 Å². The van der Waals surface area contributed by atoms with Crippen LogP contribution in [0.2, 0.25) is 0 Å². The fourth-order valence-electron chi connectivity index (χ4n) is 2.11. The molecule has 0 unspecified atom stereocenters. The average molecular weight is 294 g/mol. The number of aliphatic hydroxyl groups excluding tert-OH is 1. The zero-order valence-electron chi connectivity index (χ0n) is 12.9. The summed E-state index contributed by atoms with van der Waals surface area (Å²) in [5, 5.41) is 12.9. The molecular weight excluding hydrogens is 268 g/mol. The van der Waals surface area contributed by atoms with Crippen molar-refractivity contribution in [1.29, 1.82) is 0 Å². The zero-order valence-corrected chi connectivity index (χ0v) is 12.9. The highest BCUT2D eigenvalue weighted by Crippen LogP contribution is 2.24. The highest BCUT2D eigenvalue weighted by atomic mass is 16.5. The van der Waals surface area contributed by atoms with Gasteiger partial charge in [-0.3, -0.25) is 4.79 Å². The van der Waals surface area contributed by atoms with E-state index in [9.17, 15) is 9.90 Å². The Labute approximate surface area is 126 Å². The number of carbonyl (C=O) groups excluding carboxylic acids is 1. The zero-order chi connectivity index (χ0) is 15.7. The van der Waals surface area contributed by atoms with Crippen LogP contribution in [0, 0.1) is 5.41 Å². The number of hydrogen-bond acceptors (Lipinski definition) is 4. The van der Waals surface area contributed by atoms with Crippen molar-refractivity contribution in [3.8, 4) is 5.75 Å². The molecule has 1 aromatic carbocycles. The number of carbonyl (C=O) groups is 1. The molecule has 0 radical (unpaired) electrons. The van der Waals surface area contributed by atoms with E-state index in [1.165, 1.54) is 0 Å². The van der Waals surface area contributed by atoms with E-state index in [0.29, 0.717) is 5.75 Å². The summed E-state index contributed by atoms with van der Waals surface area (Å²) in [5.41, 5.74) is 6.11. The lowest BCUT2D eigenvalue weighted by Crippen LogP contribution is -2.36. The Hall–Kier alpha value is -1.59. The number of hydrogen-bond donors (Lipinski definition) is 3. The Balaban J connectivity index is 2.44. The van der Waals surface area contributed by atoms with Crippen molar-refractivity contribution in [2.75, 3.05) is 19.8 Å². The van der Waals surface area contributed by atoms with Crippen LogP contribution in [0.5, 0.6) is 5.75 Å². The van der Waals surface area contributed by atoms with Crippen LogP contribution in [-0.4, -0.2) is 30.8 Å². The first-order valence-corrected chi connectivity index (χ1v) is 7.37. The van der Waals surface area contributed by atoms with Gasteiger partial charge in [0.25, 0.3) is 5.91 Å². The van der Waals surface area contributed by atoms with Crippen LogP contribution >= 0.6 is 0 Å². The van der Waals surface area contributed by atoms with Crippen LogP contribution in [0.4, 0.5) is 0 Å². The molecule has 1 rings (SSSR count). The molecule has 0 spiro atoms.